The highest BCUT2D eigenvalue weighted by Crippen LogP contribution is 2.28. The predicted molar refractivity (Wildman–Crippen MR) is 79.4 cm³/mol. The van der Waals surface area contributed by atoms with Crippen molar-refractivity contribution < 1.29 is 4.74 Å². The largest absolute Gasteiger partial charge is 0.500 e. The lowest BCUT2D eigenvalue weighted by atomic mass is 9.94. The smallest absolute Gasteiger partial charge is 0.106 e. The van der Waals surface area contributed by atoms with Crippen LogP contribution in [0.1, 0.15) is 38.2 Å². The quantitative estimate of drug-likeness (QED) is 0.544. The molecule has 1 rings (SSSR count). The number of hydrogen-bond acceptors (Lipinski definition) is 2. The maximum Gasteiger partial charge on any atom is 0.106 e. The minimum Gasteiger partial charge on any atom is -0.500 e. The number of allylic oxidation sites excluding steroid dienone is 2. The van der Waals surface area contributed by atoms with Crippen LogP contribution >= 0.6 is 23.2 Å². The van der Waals surface area contributed by atoms with Gasteiger partial charge in [0.1, 0.15) is 5.76 Å². The zero-order chi connectivity index (χ0) is 14.4. The monoisotopic (exact) mass is 297 g/mol. The van der Waals surface area contributed by atoms with E-state index in [0.29, 0.717) is 27.8 Å². The van der Waals surface area contributed by atoms with Gasteiger partial charge >= 0.3 is 0 Å². The van der Waals surface area contributed by atoms with Crippen LogP contribution in [-0.4, -0.2) is 7.11 Å². The molecule has 0 amide bonds. The summed E-state index contributed by atoms with van der Waals surface area (Å²) in [6, 6.07) is 7.73. The van der Waals surface area contributed by atoms with E-state index in [2.05, 4.69) is 13.0 Å². The van der Waals surface area contributed by atoms with Crippen LogP contribution in [0.4, 0.5) is 0 Å². The maximum atomic E-state index is 9.07. The fraction of sp³-hybridized carbons (Fsp3) is 0.400. The van der Waals surface area contributed by atoms with Crippen molar-refractivity contribution in [1.82, 2.24) is 0 Å². The number of nitrogens with zero attached hydrogens (tertiary/aromatic N) is 1. The summed E-state index contributed by atoms with van der Waals surface area (Å²) in [6.07, 6.45) is 1.53. The van der Waals surface area contributed by atoms with E-state index in [0.717, 1.165) is 12.0 Å². The van der Waals surface area contributed by atoms with Crippen molar-refractivity contribution in [3.8, 4) is 6.07 Å². The Bertz CT molecular complexity index is 497. The highest BCUT2D eigenvalue weighted by molar-refractivity contribution is 6.34. The standard InChI is InChI=1S/C15H17Cl2NO/c1-10(4-5-12(9-18)11(2)19-3)13-6-14(16)8-15(17)7-13/h6-8,10H,4-5H2,1-3H3/b12-11+. The molecule has 0 radical (unpaired) electrons. The minimum atomic E-state index is 0.282. The fourth-order valence-corrected chi connectivity index (χ4v) is 2.36. The summed E-state index contributed by atoms with van der Waals surface area (Å²) in [5.74, 6) is 0.961. The normalized spacial score (nSPS) is 13.5. The summed E-state index contributed by atoms with van der Waals surface area (Å²) in [7, 11) is 1.58. The lowest BCUT2D eigenvalue weighted by molar-refractivity contribution is 0.288. The number of hydrogen-bond donors (Lipinski definition) is 0. The summed E-state index contributed by atoms with van der Waals surface area (Å²) in [5.41, 5.74) is 1.77. The second-order valence-corrected chi connectivity index (χ2v) is 5.37. The Morgan fingerprint density at radius 2 is 1.89 bits per heavy atom. The molecule has 2 nitrogen and oxygen atoms in total. The van der Waals surface area contributed by atoms with Crippen LogP contribution in [-0.2, 0) is 4.74 Å². The molecule has 4 heteroatoms. The highest BCUT2D eigenvalue weighted by atomic mass is 35.5. The minimum absolute atomic E-state index is 0.282. The summed E-state index contributed by atoms with van der Waals surface area (Å²) >= 11 is 12.0. The van der Waals surface area contributed by atoms with Gasteiger partial charge in [-0.05, 0) is 49.4 Å². The van der Waals surface area contributed by atoms with Gasteiger partial charge in [0.25, 0.3) is 0 Å². The fourth-order valence-electron chi connectivity index (χ4n) is 1.82. The van der Waals surface area contributed by atoms with Gasteiger partial charge < -0.3 is 4.74 Å². The molecule has 1 unspecified atom stereocenters. The molecule has 0 spiro atoms. The first-order valence-corrected chi connectivity index (χ1v) is 6.83. The predicted octanol–water partition coefficient (Wildman–Crippen LogP) is 5.32. The van der Waals surface area contributed by atoms with Gasteiger partial charge in [-0.15, -0.1) is 0 Å². The van der Waals surface area contributed by atoms with Crippen molar-refractivity contribution in [2.24, 2.45) is 0 Å². The van der Waals surface area contributed by atoms with E-state index >= 15 is 0 Å². The van der Waals surface area contributed by atoms with Crippen molar-refractivity contribution in [3.63, 3.8) is 0 Å². The number of ether oxygens (including phenoxy) is 1. The Morgan fingerprint density at radius 3 is 2.37 bits per heavy atom. The van der Waals surface area contributed by atoms with Gasteiger partial charge in [0, 0.05) is 10.0 Å². The van der Waals surface area contributed by atoms with Crippen LogP contribution in [0.15, 0.2) is 29.5 Å². The number of halogens is 2. The van der Waals surface area contributed by atoms with Gasteiger partial charge in [0.15, 0.2) is 0 Å². The van der Waals surface area contributed by atoms with Crippen molar-refractivity contribution in [2.45, 2.75) is 32.6 Å². The van der Waals surface area contributed by atoms with E-state index < -0.39 is 0 Å². The van der Waals surface area contributed by atoms with Crippen LogP contribution in [0.25, 0.3) is 0 Å². The van der Waals surface area contributed by atoms with E-state index in [4.69, 9.17) is 33.2 Å². The highest BCUT2D eigenvalue weighted by Gasteiger charge is 2.10. The average Bonchev–Trinajstić information content (AvgIpc) is 2.37. The Hall–Kier alpha value is -1.17. The Balaban J connectivity index is 2.75. The lowest BCUT2D eigenvalue weighted by Crippen LogP contribution is -1.97. The zero-order valence-electron chi connectivity index (χ0n) is 11.3. The SMILES string of the molecule is CO/C(C)=C(/C#N)CCC(C)c1cc(Cl)cc(Cl)c1. The van der Waals surface area contributed by atoms with E-state index in [1.807, 2.05) is 12.1 Å². The first-order valence-electron chi connectivity index (χ1n) is 6.07. The molecule has 0 aliphatic carbocycles. The van der Waals surface area contributed by atoms with E-state index in [1.165, 1.54) is 0 Å². The summed E-state index contributed by atoms with van der Waals surface area (Å²) < 4.78 is 5.09. The molecule has 1 atom stereocenters. The molecular formula is C15H17Cl2NO. The Morgan fingerprint density at radius 1 is 1.32 bits per heavy atom. The molecule has 1 aromatic rings. The van der Waals surface area contributed by atoms with Gasteiger partial charge in [0.05, 0.1) is 18.8 Å². The van der Waals surface area contributed by atoms with Crippen LogP contribution in [0.5, 0.6) is 0 Å². The van der Waals surface area contributed by atoms with Crippen molar-refractivity contribution in [3.05, 3.63) is 45.1 Å². The van der Waals surface area contributed by atoms with Crippen LogP contribution in [0, 0.1) is 11.3 Å². The lowest BCUT2D eigenvalue weighted by Gasteiger charge is -2.13. The molecule has 0 saturated heterocycles. The van der Waals surface area contributed by atoms with Crippen molar-refractivity contribution >= 4 is 23.2 Å². The molecule has 0 heterocycles. The molecule has 0 N–H and O–H groups in total. The molecule has 1 aromatic carbocycles. The van der Waals surface area contributed by atoms with Crippen LogP contribution in [0.3, 0.4) is 0 Å². The molecule has 19 heavy (non-hydrogen) atoms. The molecule has 0 aliphatic rings. The number of nitriles is 1. The first kappa shape index (κ1) is 15.9. The van der Waals surface area contributed by atoms with E-state index in [1.54, 1.807) is 20.1 Å². The maximum absolute atomic E-state index is 9.07. The Kier molecular flexibility index (Phi) is 6.21. The molecule has 102 valence electrons. The first-order chi connectivity index (χ1) is 8.97. The van der Waals surface area contributed by atoms with Gasteiger partial charge in [-0.25, -0.2) is 0 Å². The number of benzene rings is 1. The number of rotatable bonds is 5. The third-order valence-electron chi connectivity index (χ3n) is 3.15. The van der Waals surface area contributed by atoms with Crippen molar-refractivity contribution in [1.29, 1.82) is 5.26 Å². The summed E-state index contributed by atoms with van der Waals surface area (Å²) in [6.45, 7) is 3.90. The molecule has 0 bridgehead atoms. The third-order valence-corrected chi connectivity index (χ3v) is 3.58. The topological polar surface area (TPSA) is 33.0 Å². The zero-order valence-corrected chi connectivity index (χ0v) is 12.8. The van der Waals surface area contributed by atoms with E-state index in [-0.39, 0.29) is 5.92 Å². The molecule has 0 aromatic heterocycles. The van der Waals surface area contributed by atoms with Crippen molar-refractivity contribution in [2.75, 3.05) is 7.11 Å². The van der Waals surface area contributed by atoms with Crippen LogP contribution < -0.4 is 0 Å². The van der Waals surface area contributed by atoms with Crippen LogP contribution in [0.2, 0.25) is 10.0 Å². The second-order valence-electron chi connectivity index (χ2n) is 4.49. The summed E-state index contributed by atoms with van der Waals surface area (Å²) in [5, 5.41) is 10.3. The van der Waals surface area contributed by atoms with E-state index in [9.17, 15) is 0 Å². The second kappa shape index (κ2) is 7.43. The molecule has 0 saturated carbocycles. The van der Waals surface area contributed by atoms with Gasteiger partial charge in [-0.1, -0.05) is 30.1 Å². The summed E-state index contributed by atoms with van der Waals surface area (Å²) in [4.78, 5) is 0. The average molecular weight is 298 g/mol. The number of methoxy groups -OCH3 is 1. The van der Waals surface area contributed by atoms with Gasteiger partial charge in [0.2, 0.25) is 0 Å². The molecular weight excluding hydrogens is 281 g/mol. The third kappa shape index (κ3) is 4.78. The van der Waals surface area contributed by atoms with Gasteiger partial charge in [-0.3, -0.25) is 0 Å². The molecule has 0 fully saturated rings. The Labute approximate surface area is 124 Å². The molecule has 0 aliphatic heterocycles. The van der Waals surface area contributed by atoms with Gasteiger partial charge in [-0.2, -0.15) is 5.26 Å².